The van der Waals surface area contributed by atoms with Crippen LogP contribution in [0.15, 0.2) is 91.3 Å². The number of halogens is 2. The molecule has 0 bridgehead atoms. The summed E-state index contributed by atoms with van der Waals surface area (Å²) in [6.07, 6.45) is 9.05. The fourth-order valence-corrected chi connectivity index (χ4v) is 7.65. The van der Waals surface area contributed by atoms with Crippen molar-refractivity contribution in [2.45, 2.75) is 96.7 Å². The van der Waals surface area contributed by atoms with E-state index < -0.39 is 28.8 Å². The summed E-state index contributed by atoms with van der Waals surface area (Å²) >= 11 is 6.40. The first-order valence-corrected chi connectivity index (χ1v) is 23.3. The monoisotopic (exact) mass is 1000 g/mol. The number of carbonyl (C=O) groups is 5. The van der Waals surface area contributed by atoms with Crippen molar-refractivity contribution in [2.75, 3.05) is 32.0 Å². The molecule has 8 rings (SSSR count). The van der Waals surface area contributed by atoms with E-state index in [2.05, 4.69) is 54.8 Å². The predicted octanol–water partition coefficient (Wildman–Crippen LogP) is 11.1. The van der Waals surface area contributed by atoms with Crippen molar-refractivity contribution in [1.29, 1.82) is 0 Å². The molecule has 0 N–H and O–H groups in total. The summed E-state index contributed by atoms with van der Waals surface area (Å²) in [6, 6.07) is 23.3. The van der Waals surface area contributed by atoms with Gasteiger partial charge in [-0.2, -0.15) is 0 Å². The second-order valence-corrected chi connectivity index (χ2v) is 19.3. The smallest absolute Gasteiger partial charge is 0.419 e. The van der Waals surface area contributed by atoms with Crippen molar-refractivity contribution in [3.8, 4) is 0 Å². The Morgan fingerprint density at radius 1 is 0.609 bits per heavy atom. The van der Waals surface area contributed by atoms with Gasteiger partial charge in [0.15, 0.2) is 0 Å². The Bertz CT molecular complexity index is 2530. The third-order valence-corrected chi connectivity index (χ3v) is 12.7. The maximum atomic E-state index is 12.5. The second kappa shape index (κ2) is 20.7. The van der Waals surface area contributed by atoms with Gasteiger partial charge in [-0.25, -0.2) is 9.59 Å². The molecule has 2 aromatic heterocycles. The first-order valence-electron chi connectivity index (χ1n) is 21.1. The van der Waals surface area contributed by atoms with E-state index in [4.69, 9.17) is 18.9 Å². The molecule has 14 heteroatoms. The minimum Gasteiger partial charge on any atom is -0.469 e. The molecular weight excluding hydrogens is 948 g/mol. The van der Waals surface area contributed by atoms with E-state index in [1.165, 1.54) is 47.2 Å². The van der Waals surface area contributed by atoms with Gasteiger partial charge in [-0.15, -0.1) is 0 Å². The number of rotatable bonds is 7. The SMILES string of the molecule is BrCCBr.COC(=O)C1(C2=CCc3ccccc32)CC1.COC(=O)C1(c2cn(C(=O)OC(C)(C)C)c3ccccc23)CC1.COC(=O)Cc1cn(C(=O)OC(C)(C)C)c2ccccc12. The summed E-state index contributed by atoms with van der Waals surface area (Å²) in [6.45, 7) is 10.9. The maximum absolute atomic E-state index is 12.5. The number of benzene rings is 3. The average molecular weight is 1010 g/mol. The number of fused-ring (bicyclic) bond motifs is 3. The molecule has 0 aliphatic heterocycles. The summed E-state index contributed by atoms with van der Waals surface area (Å²) in [4.78, 5) is 60.3. The van der Waals surface area contributed by atoms with Gasteiger partial charge in [-0.3, -0.25) is 23.5 Å². The Kier molecular flexibility index (Phi) is 16.1. The fraction of sp³-hybridized carbons (Fsp3) is 0.420. The van der Waals surface area contributed by atoms with Gasteiger partial charge in [0.2, 0.25) is 0 Å². The summed E-state index contributed by atoms with van der Waals surface area (Å²) in [5.41, 5.74) is 4.69. The van der Waals surface area contributed by atoms with Crippen LogP contribution in [-0.4, -0.2) is 82.4 Å². The molecule has 0 unspecified atom stereocenters. The molecule has 3 aromatic carbocycles. The molecule has 342 valence electrons. The number of hydrogen-bond donors (Lipinski definition) is 0. The number of para-hydroxylation sites is 2. The molecule has 0 atom stereocenters. The van der Waals surface area contributed by atoms with Crippen molar-refractivity contribution in [3.63, 3.8) is 0 Å². The number of nitrogens with zero attached hydrogens (tertiary/aromatic N) is 2. The molecule has 64 heavy (non-hydrogen) atoms. The summed E-state index contributed by atoms with van der Waals surface area (Å²) < 4.78 is 28.4. The van der Waals surface area contributed by atoms with Gasteiger partial charge in [0.05, 0.1) is 49.6 Å². The number of carbonyl (C=O) groups excluding carboxylic acids is 5. The van der Waals surface area contributed by atoms with Gasteiger partial charge in [0, 0.05) is 33.8 Å². The highest BCUT2D eigenvalue weighted by atomic mass is 79.9. The summed E-state index contributed by atoms with van der Waals surface area (Å²) in [5, 5.41) is 3.83. The molecule has 3 aliphatic rings. The Hall–Kier alpha value is -5.21. The minimum atomic E-state index is -0.623. The van der Waals surface area contributed by atoms with E-state index in [9.17, 15) is 24.0 Å². The van der Waals surface area contributed by atoms with Gasteiger partial charge in [0.25, 0.3) is 0 Å². The van der Waals surface area contributed by atoms with Crippen molar-refractivity contribution in [1.82, 2.24) is 9.13 Å². The van der Waals surface area contributed by atoms with Crippen LogP contribution in [0.1, 0.15) is 89.5 Å². The molecule has 0 radical (unpaired) electrons. The molecule has 0 spiro atoms. The van der Waals surface area contributed by atoms with E-state index in [0.717, 1.165) is 70.2 Å². The number of alkyl halides is 2. The lowest BCUT2D eigenvalue weighted by Gasteiger charge is -2.19. The second-order valence-electron chi connectivity index (χ2n) is 17.7. The van der Waals surface area contributed by atoms with Crippen LogP contribution in [0.4, 0.5) is 9.59 Å². The van der Waals surface area contributed by atoms with Crippen LogP contribution in [0.2, 0.25) is 0 Å². The number of esters is 3. The highest BCUT2D eigenvalue weighted by Crippen LogP contribution is 2.58. The first-order chi connectivity index (χ1) is 30.3. The first kappa shape index (κ1) is 49.8. The molecule has 5 aromatic rings. The minimum absolute atomic E-state index is 0.0737. The molecule has 3 aliphatic carbocycles. The molecule has 0 saturated heterocycles. The topological polar surface area (TPSA) is 141 Å². The molecule has 12 nitrogen and oxygen atoms in total. The fourth-order valence-electron chi connectivity index (χ4n) is 7.65. The van der Waals surface area contributed by atoms with Gasteiger partial charge in [-0.05, 0) is 114 Å². The zero-order valence-electron chi connectivity index (χ0n) is 38.0. The van der Waals surface area contributed by atoms with Crippen LogP contribution in [0, 0.1) is 5.41 Å². The van der Waals surface area contributed by atoms with Crippen LogP contribution >= 0.6 is 31.9 Å². The highest BCUT2D eigenvalue weighted by Gasteiger charge is 2.55. The Balaban J connectivity index is 0.000000175. The molecule has 2 heterocycles. The number of hydrogen-bond acceptors (Lipinski definition) is 10. The van der Waals surface area contributed by atoms with E-state index in [1.54, 1.807) is 12.4 Å². The van der Waals surface area contributed by atoms with Gasteiger partial charge in [-0.1, -0.05) is 98.6 Å². The van der Waals surface area contributed by atoms with Gasteiger partial charge in [0.1, 0.15) is 11.2 Å². The molecular formula is C50H58Br2N2O10. The lowest BCUT2D eigenvalue weighted by atomic mass is 9.91. The van der Waals surface area contributed by atoms with Gasteiger partial charge >= 0.3 is 30.1 Å². The van der Waals surface area contributed by atoms with Crippen molar-refractivity contribution < 1.29 is 47.7 Å². The van der Waals surface area contributed by atoms with Crippen molar-refractivity contribution in [3.05, 3.63) is 114 Å². The summed E-state index contributed by atoms with van der Waals surface area (Å²) in [5.74, 6) is -0.665. The maximum Gasteiger partial charge on any atom is 0.419 e. The Morgan fingerprint density at radius 3 is 1.58 bits per heavy atom. The predicted molar refractivity (Wildman–Crippen MR) is 255 cm³/mol. The molecule has 0 amide bonds. The molecule has 2 fully saturated rings. The van der Waals surface area contributed by atoms with Crippen LogP contribution in [0.5, 0.6) is 0 Å². The standard InChI is InChI=1S/C18H21NO4.C16H19NO4.C14H14O2.C2H4Br2/c1-17(2,3)23-16(21)19-11-13(12-7-5-6-8-14(12)19)18(9-10-18)15(20)22-4;1-16(2,3)21-15(19)17-10-11(9-14(18)20-4)12-7-5-6-8-13(12)17;1-16-13(15)14(8-9-14)12-7-6-10-4-2-3-5-11(10)12;3-1-2-4/h5-8,11H,9-10H2,1-4H3;5-8,10H,9H2,1-4H3;2-5,7H,6,8-9H2,1H3;1-2H2. The zero-order valence-corrected chi connectivity index (χ0v) is 41.2. The van der Waals surface area contributed by atoms with Crippen molar-refractivity contribution >= 4 is 89.3 Å². The Morgan fingerprint density at radius 2 is 1.08 bits per heavy atom. The quantitative estimate of drug-likeness (QED) is 0.0879. The molecule has 2 saturated carbocycles. The normalized spacial score (nSPS) is 15.0. The van der Waals surface area contributed by atoms with E-state index >= 15 is 0 Å². The largest absolute Gasteiger partial charge is 0.469 e. The lowest BCUT2D eigenvalue weighted by molar-refractivity contribution is -0.145. The van der Waals surface area contributed by atoms with Crippen molar-refractivity contribution in [2.24, 2.45) is 5.41 Å². The van der Waals surface area contributed by atoms with Crippen LogP contribution in [-0.2, 0) is 56.3 Å². The van der Waals surface area contributed by atoms with E-state index in [1.807, 2.05) is 102 Å². The number of methoxy groups -OCH3 is 3. The number of ether oxygens (including phenoxy) is 5. The Labute approximate surface area is 391 Å². The summed E-state index contributed by atoms with van der Waals surface area (Å²) in [7, 11) is 4.22. The highest BCUT2D eigenvalue weighted by molar-refractivity contribution is 9.11. The van der Waals surface area contributed by atoms with Gasteiger partial charge < -0.3 is 23.7 Å². The average Bonchev–Trinajstić information content (AvgIpc) is 4.13. The number of allylic oxidation sites excluding steroid dienone is 1. The lowest BCUT2D eigenvalue weighted by Crippen LogP contribution is -2.27. The zero-order chi connectivity index (χ0) is 47.0. The third kappa shape index (κ3) is 11.5. The van der Waals surface area contributed by atoms with Crippen LogP contribution in [0.25, 0.3) is 27.4 Å². The number of aromatic nitrogens is 2. The van der Waals surface area contributed by atoms with E-state index in [-0.39, 0.29) is 29.7 Å². The third-order valence-electron chi connectivity index (χ3n) is 10.8. The van der Waals surface area contributed by atoms with Crippen LogP contribution in [0.3, 0.4) is 0 Å². The van der Waals surface area contributed by atoms with E-state index in [0.29, 0.717) is 5.52 Å². The van der Waals surface area contributed by atoms with Crippen LogP contribution < -0.4 is 0 Å².